The highest BCUT2D eigenvalue weighted by molar-refractivity contribution is 6.51. The Labute approximate surface area is 198 Å². The molecule has 4 rings (SSSR count). The van der Waals surface area contributed by atoms with E-state index in [-0.39, 0.29) is 28.1 Å². The maximum Gasteiger partial charge on any atom is 0.416 e. The summed E-state index contributed by atoms with van der Waals surface area (Å²) < 4.78 is 50.9. The van der Waals surface area contributed by atoms with Gasteiger partial charge in [0.1, 0.15) is 17.3 Å². The van der Waals surface area contributed by atoms with E-state index >= 15 is 0 Å². The lowest BCUT2D eigenvalue weighted by atomic mass is 9.94. The van der Waals surface area contributed by atoms with Gasteiger partial charge in [0.15, 0.2) is 0 Å². The van der Waals surface area contributed by atoms with Crippen LogP contribution in [0, 0.1) is 0 Å². The number of methoxy groups -OCH3 is 2. The van der Waals surface area contributed by atoms with Crippen LogP contribution in [0.15, 0.2) is 78.4 Å². The number of ketones is 1. The van der Waals surface area contributed by atoms with Crippen molar-refractivity contribution in [1.29, 1.82) is 0 Å². The van der Waals surface area contributed by atoms with Gasteiger partial charge in [0.05, 0.1) is 31.4 Å². The molecule has 0 radical (unpaired) electrons. The van der Waals surface area contributed by atoms with Gasteiger partial charge in [-0.15, -0.1) is 0 Å². The van der Waals surface area contributed by atoms with Crippen molar-refractivity contribution < 1.29 is 37.3 Å². The highest BCUT2D eigenvalue weighted by Crippen LogP contribution is 2.46. The van der Waals surface area contributed by atoms with Gasteiger partial charge in [-0.3, -0.25) is 14.5 Å². The Morgan fingerprint density at radius 3 is 2.26 bits per heavy atom. The molecule has 1 atom stereocenters. The van der Waals surface area contributed by atoms with Gasteiger partial charge < -0.3 is 14.6 Å². The second kappa shape index (κ2) is 9.17. The van der Waals surface area contributed by atoms with Gasteiger partial charge in [0, 0.05) is 22.9 Å². The molecule has 1 aliphatic rings. The molecule has 1 heterocycles. The van der Waals surface area contributed by atoms with Gasteiger partial charge in [-0.25, -0.2) is 0 Å². The first-order valence-electron chi connectivity index (χ1n) is 10.4. The average molecular weight is 483 g/mol. The molecule has 1 fully saturated rings. The van der Waals surface area contributed by atoms with Gasteiger partial charge in [-0.2, -0.15) is 13.2 Å². The summed E-state index contributed by atoms with van der Waals surface area (Å²) in [6.45, 7) is 0. The van der Waals surface area contributed by atoms with Gasteiger partial charge in [-0.1, -0.05) is 36.4 Å². The van der Waals surface area contributed by atoms with Crippen LogP contribution in [0.4, 0.5) is 18.9 Å². The van der Waals surface area contributed by atoms with Gasteiger partial charge in [0.2, 0.25) is 0 Å². The lowest BCUT2D eigenvalue weighted by Crippen LogP contribution is -2.30. The number of aliphatic hydroxyl groups excluding tert-OH is 1. The molecule has 6 nitrogen and oxygen atoms in total. The largest absolute Gasteiger partial charge is 0.507 e. The second-order valence-corrected chi connectivity index (χ2v) is 7.69. The number of rotatable bonds is 5. The summed E-state index contributed by atoms with van der Waals surface area (Å²) in [5.74, 6) is -1.94. The molecular weight excluding hydrogens is 463 g/mol. The van der Waals surface area contributed by atoms with Gasteiger partial charge in [0.25, 0.3) is 11.7 Å². The molecule has 0 spiro atoms. The third-order valence-corrected chi connectivity index (χ3v) is 5.68. The highest BCUT2D eigenvalue weighted by atomic mass is 19.4. The molecule has 0 aromatic heterocycles. The van der Waals surface area contributed by atoms with Crippen molar-refractivity contribution in [3.63, 3.8) is 0 Å². The zero-order valence-electron chi connectivity index (χ0n) is 18.7. The fourth-order valence-electron chi connectivity index (χ4n) is 4.02. The molecule has 9 heteroatoms. The molecule has 1 amide bonds. The summed E-state index contributed by atoms with van der Waals surface area (Å²) >= 11 is 0. The van der Waals surface area contributed by atoms with E-state index < -0.39 is 35.2 Å². The lowest BCUT2D eigenvalue weighted by molar-refractivity contribution is -0.137. The number of halogens is 3. The smallest absolute Gasteiger partial charge is 0.416 e. The summed E-state index contributed by atoms with van der Waals surface area (Å²) in [7, 11) is 2.81. The number of carbonyl (C=O) groups is 2. The number of benzene rings is 3. The number of ether oxygens (including phenoxy) is 2. The molecule has 3 aromatic carbocycles. The number of hydrogen-bond acceptors (Lipinski definition) is 5. The number of alkyl halides is 3. The SMILES string of the molecule is COc1ccc([C@H]2/C(=C(\O)c3ccccc3)C(=O)C(=O)N2c2cccc(C(F)(F)F)c2)c(OC)c1. The Morgan fingerprint density at radius 2 is 1.63 bits per heavy atom. The molecule has 3 aromatic rings. The maximum atomic E-state index is 13.4. The predicted molar refractivity (Wildman–Crippen MR) is 122 cm³/mol. The monoisotopic (exact) mass is 483 g/mol. The van der Waals surface area contributed by atoms with Crippen LogP contribution in [0.5, 0.6) is 11.5 Å². The van der Waals surface area contributed by atoms with Crippen molar-refractivity contribution in [3.8, 4) is 11.5 Å². The van der Waals surface area contributed by atoms with Crippen LogP contribution in [-0.2, 0) is 15.8 Å². The molecular formula is C26H20F3NO5. The van der Waals surface area contributed by atoms with E-state index in [4.69, 9.17) is 9.47 Å². The number of amides is 1. The minimum atomic E-state index is -4.67. The fraction of sp³-hybridized carbons (Fsp3) is 0.154. The fourth-order valence-corrected chi connectivity index (χ4v) is 4.02. The minimum absolute atomic E-state index is 0.156. The van der Waals surface area contributed by atoms with E-state index in [1.165, 1.54) is 32.4 Å². The lowest BCUT2D eigenvalue weighted by Gasteiger charge is -2.27. The highest BCUT2D eigenvalue weighted by Gasteiger charge is 2.48. The summed E-state index contributed by atoms with van der Waals surface area (Å²) in [6, 6.07) is 15.5. The number of carbonyl (C=O) groups excluding carboxylic acids is 2. The number of anilines is 1. The van der Waals surface area contributed by atoms with Crippen LogP contribution < -0.4 is 14.4 Å². The first kappa shape index (κ1) is 23.9. The molecule has 0 bridgehead atoms. The minimum Gasteiger partial charge on any atom is -0.507 e. The number of aliphatic hydroxyl groups is 1. The van der Waals surface area contributed by atoms with Crippen LogP contribution in [0.1, 0.15) is 22.7 Å². The number of nitrogens with zero attached hydrogens (tertiary/aromatic N) is 1. The van der Waals surface area contributed by atoms with E-state index in [1.807, 2.05) is 0 Å². The van der Waals surface area contributed by atoms with E-state index in [0.29, 0.717) is 5.75 Å². The van der Waals surface area contributed by atoms with Crippen LogP contribution >= 0.6 is 0 Å². The maximum absolute atomic E-state index is 13.4. The van der Waals surface area contributed by atoms with E-state index in [1.54, 1.807) is 36.4 Å². The summed E-state index contributed by atoms with van der Waals surface area (Å²) in [5.41, 5.74) is -0.867. The topological polar surface area (TPSA) is 76.1 Å². The molecule has 1 aliphatic heterocycles. The Kier molecular flexibility index (Phi) is 6.26. The molecule has 0 unspecified atom stereocenters. The second-order valence-electron chi connectivity index (χ2n) is 7.69. The summed E-state index contributed by atoms with van der Waals surface area (Å²) in [5, 5.41) is 11.1. The Hall–Kier alpha value is -4.27. The third-order valence-electron chi connectivity index (χ3n) is 5.68. The summed E-state index contributed by atoms with van der Waals surface area (Å²) in [4.78, 5) is 27.3. The predicted octanol–water partition coefficient (Wildman–Crippen LogP) is 5.35. The van der Waals surface area contributed by atoms with Crippen molar-refractivity contribution in [2.75, 3.05) is 19.1 Å². The van der Waals surface area contributed by atoms with E-state index in [0.717, 1.165) is 23.1 Å². The van der Waals surface area contributed by atoms with Crippen molar-refractivity contribution in [3.05, 3.63) is 95.1 Å². The molecule has 1 saturated heterocycles. The van der Waals surface area contributed by atoms with Crippen LogP contribution in [0.3, 0.4) is 0 Å². The third kappa shape index (κ3) is 4.32. The average Bonchev–Trinajstić information content (AvgIpc) is 3.13. The standard InChI is InChI=1S/C26H20F3NO5/c1-34-18-11-12-19(20(14-18)35-2)22-21(23(31)15-7-4-3-5-8-15)24(32)25(33)30(22)17-10-6-9-16(13-17)26(27,28)29/h3-14,22,31H,1-2H3/b23-21+/t22-/m0/s1. The molecule has 0 aliphatic carbocycles. The molecule has 0 saturated carbocycles. The van der Waals surface area contributed by atoms with Crippen molar-refractivity contribution >= 4 is 23.1 Å². The van der Waals surface area contributed by atoms with Crippen molar-refractivity contribution in [2.45, 2.75) is 12.2 Å². The number of hydrogen-bond donors (Lipinski definition) is 1. The zero-order valence-corrected chi connectivity index (χ0v) is 18.7. The van der Waals surface area contributed by atoms with Crippen molar-refractivity contribution in [1.82, 2.24) is 0 Å². The first-order valence-corrected chi connectivity index (χ1v) is 10.4. The normalized spacial score (nSPS) is 17.5. The first-order chi connectivity index (χ1) is 16.7. The van der Waals surface area contributed by atoms with Crippen LogP contribution in [-0.4, -0.2) is 31.0 Å². The molecule has 180 valence electrons. The Balaban J connectivity index is 2.00. The molecule has 35 heavy (non-hydrogen) atoms. The molecule has 1 N–H and O–H groups in total. The van der Waals surface area contributed by atoms with E-state index in [2.05, 4.69) is 0 Å². The van der Waals surface area contributed by atoms with Crippen LogP contribution in [0.2, 0.25) is 0 Å². The van der Waals surface area contributed by atoms with Crippen LogP contribution in [0.25, 0.3) is 5.76 Å². The van der Waals surface area contributed by atoms with E-state index in [9.17, 15) is 27.9 Å². The number of Topliss-reactive ketones (excluding diaryl/α,β-unsaturated/α-hetero) is 1. The Morgan fingerprint density at radius 1 is 0.914 bits per heavy atom. The quantitative estimate of drug-likeness (QED) is 0.301. The summed E-state index contributed by atoms with van der Waals surface area (Å²) in [6.07, 6.45) is -4.67. The zero-order chi connectivity index (χ0) is 25.3. The van der Waals surface area contributed by atoms with Crippen molar-refractivity contribution in [2.24, 2.45) is 0 Å². The van der Waals surface area contributed by atoms with Gasteiger partial charge in [-0.05, 0) is 30.3 Å². The Bertz CT molecular complexity index is 1320. The van der Waals surface area contributed by atoms with Gasteiger partial charge >= 0.3 is 6.18 Å².